The van der Waals surface area contributed by atoms with E-state index in [1.54, 1.807) is 49.0 Å². The molecule has 2 aromatic heterocycles. The predicted molar refractivity (Wildman–Crippen MR) is 118 cm³/mol. The molecule has 0 spiro atoms. The standard InChI is InChI=1S/C22H19ClFN5O2/c1-11-26-20(25)18-16(10-29(2)21(18)27-11)15-7-6-14(9-17(15)24)28-22(31)19(30)12-4-3-5-13(23)8-12/h3-10,19,30H,1-2H3,(H,28,31)(H2,25,26,27). The molecule has 0 saturated heterocycles. The minimum Gasteiger partial charge on any atom is -0.383 e. The van der Waals surface area contributed by atoms with Crippen molar-refractivity contribution < 1.29 is 14.3 Å². The summed E-state index contributed by atoms with van der Waals surface area (Å²) in [5.41, 5.74) is 8.04. The van der Waals surface area contributed by atoms with E-state index in [-0.39, 0.29) is 17.1 Å². The number of anilines is 2. The topological polar surface area (TPSA) is 106 Å². The van der Waals surface area contributed by atoms with E-state index in [0.29, 0.717) is 33.0 Å². The minimum absolute atomic E-state index is 0.202. The van der Waals surface area contributed by atoms with Crippen molar-refractivity contribution in [2.75, 3.05) is 11.1 Å². The Morgan fingerprint density at radius 1 is 1.23 bits per heavy atom. The van der Waals surface area contributed by atoms with Gasteiger partial charge in [-0.25, -0.2) is 14.4 Å². The molecule has 4 rings (SSSR count). The molecule has 0 radical (unpaired) electrons. The van der Waals surface area contributed by atoms with Crippen LogP contribution in [0.4, 0.5) is 15.9 Å². The molecule has 31 heavy (non-hydrogen) atoms. The number of halogens is 2. The molecular weight excluding hydrogens is 421 g/mol. The van der Waals surface area contributed by atoms with Gasteiger partial charge in [-0.3, -0.25) is 4.79 Å². The Kier molecular flexibility index (Phi) is 5.34. The lowest BCUT2D eigenvalue weighted by atomic mass is 10.0. The van der Waals surface area contributed by atoms with Crippen LogP contribution in [-0.4, -0.2) is 25.5 Å². The van der Waals surface area contributed by atoms with Crippen LogP contribution in [-0.2, 0) is 11.8 Å². The van der Waals surface area contributed by atoms with Crippen LogP contribution in [0.3, 0.4) is 0 Å². The number of benzene rings is 2. The molecule has 158 valence electrons. The molecular formula is C22H19ClFN5O2. The largest absolute Gasteiger partial charge is 0.383 e. The van der Waals surface area contributed by atoms with E-state index in [1.807, 2.05) is 0 Å². The Morgan fingerprint density at radius 2 is 2.00 bits per heavy atom. The van der Waals surface area contributed by atoms with Crippen LogP contribution in [0, 0.1) is 12.7 Å². The van der Waals surface area contributed by atoms with E-state index < -0.39 is 17.8 Å². The molecule has 2 aromatic carbocycles. The van der Waals surface area contributed by atoms with Crippen molar-refractivity contribution in [3.8, 4) is 11.1 Å². The maximum absolute atomic E-state index is 15.0. The number of aromatic nitrogens is 3. The molecule has 0 aliphatic heterocycles. The Labute approximate surface area is 182 Å². The fourth-order valence-corrected chi connectivity index (χ4v) is 3.66. The number of aryl methyl sites for hydroxylation is 2. The summed E-state index contributed by atoms with van der Waals surface area (Å²) in [5.74, 6) is -0.482. The van der Waals surface area contributed by atoms with Crippen molar-refractivity contribution in [1.29, 1.82) is 0 Å². The highest BCUT2D eigenvalue weighted by atomic mass is 35.5. The maximum Gasteiger partial charge on any atom is 0.257 e. The van der Waals surface area contributed by atoms with Crippen molar-refractivity contribution in [2.45, 2.75) is 13.0 Å². The lowest BCUT2D eigenvalue weighted by molar-refractivity contribution is -0.124. The van der Waals surface area contributed by atoms with Gasteiger partial charge in [-0.2, -0.15) is 0 Å². The first-order valence-electron chi connectivity index (χ1n) is 9.38. The molecule has 9 heteroatoms. The van der Waals surface area contributed by atoms with Crippen LogP contribution in [0.1, 0.15) is 17.5 Å². The van der Waals surface area contributed by atoms with Crippen LogP contribution in [0.25, 0.3) is 22.2 Å². The predicted octanol–water partition coefficient (Wildman–Crippen LogP) is 3.99. The van der Waals surface area contributed by atoms with Crippen molar-refractivity contribution >= 4 is 40.0 Å². The number of nitrogens with zero attached hydrogens (tertiary/aromatic N) is 3. The van der Waals surface area contributed by atoms with Crippen molar-refractivity contribution in [3.05, 3.63) is 70.9 Å². The van der Waals surface area contributed by atoms with Gasteiger partial charge in [0.05, 0.1) is 5.39 Å². The zero-order valence-corrected chi connectivity index (χ0v) is 17.5. The van der Waals surface area contributed by atoms with Crippen molar-refractivity contribution in [1.82, 2.24) is 14.5 Å². The number of carbonyl (C=O) groups excluding carboxylic acids is 1. The lowest BCUT2D eigenvalue weighted by Crippen LogP contribution is -2.20. The first kappa shape index (κ1) is 20.8. The number of hydrogen-bond acceptors (Lipinski definition) is 5. The Balaban J connectivity index is 1.64. The highest BCUT2D eigenvalue weighted by Gasteiger charge is 2.20. The summed E-state index contributed by atoms with van der Waals surface area (Å²) in [6, 6.07) is 10.6. The number of carbonyl (C=O) groups is 1. The van der Waals surface area contributed by atoms with Crippen LogP contribution >= 0.6 is 11.6 Å². The summed E-state index contributed by atoms with van der Waals surface area (Å²) in [6.45, 7) is 1.73. The Bertz CT molecular complexity index is 1320. The number of fused-ring (bicyclic) bond motifs is 1. The summed E-state index contributed by atoms with van der Waals surface area (Å²) in [4.78, 5) is 20.9. The summed E-state index contributed by atoms with van der Waals surface area (Å²) in [6.07, 6.45) is 0.286. The smallest absolute Gasteiger partial charge is 0.257 e. The SMILES string of the molecule is Cc1nc(N)c2c(-c3ccc(NC(=O)C(O)c4cccc(Cl)c4)cc3F)cn(C)c2n1. The van der Waals surface area contributed by atoms with E-state index in [9.17, 15) is 14.3 Å². The average Bonchev–Trinajstić information content (AvgIpc) is 3.04. The van der Waals surface area contributed by atoms with Crippen LogP contribution in [0.5, 0.6) is 0 Å². The molecule has 0 aliphatic rings. The molecule has 7 nitrogen and oxygen atoms in total. The van der Waals surface area contributed by atoms with Crippen LogP contribution in [0.2, 0.25) is 5.02 Å². The monoisotopic (exact) mass is 439 g/mol. The van der Waals surface area contributed by atoms with Crippen molar-refractivity contribution in [3.63, 3.8) is 0 Å². The quantitative estimate of drug-likeness (QED) is 0.445. The first-order chi connectivity index (χ1) is 14.7. The number of amides is 1. The number of nitrogen functional groups attached to an aromatic ring is 1. The first-order valence-corrected chi connectivity index (χ1v) is 9.76. The second-order valence-electron chi connectivity index (χ2n) is 7.15. The number of aliphatic hydroxyl groups excluding tert-OH is 1. The van der Waals surface area contributed by atoms with Crippen molar-refractivity contribution in [2.24, 2.45) is 7.05 Å². The zero-order chi connectivity index (χ0) is 22.3. The maximum atomic E-state index is 15.0. The molecule has 1 atom stereocenters. The molecule has 4 aromatic rings. The molecule has 0 aliphatic carbocycles. The number of aliphatic hydroxyl groups is 1. The molecule has 0 fully saturated rings. The van der Waals surface area contributed by atoms with E-state index in [2.05, 4.69) is 15.3 Å². The van der Waals surface area contributed by atoms with Crippen LogP contribution in [0.15, 0.2) is 48.7 Å². The summed E-state index contributed by atoms with van der Waals surface area (Å²) in [5, 5.41) is 13.7. The van der Waals surface area contributed by atoms with E-state index in [1.165, 1.54) is 18.2 Å². The number of rotatable bonds is 4. The third-order valence-electron chi connectivity index (χ3n) is 4.90. The second kappa shape index (κ2) is 7.98. The number of nitrogens with one attached hydrogen (secondary N) is 1. The molecule has 0 saturated carbocycles. The van der Waals surface area contributed by atoms with Gasteiger partial charge in [-0.05, 0) is 42.8 Å². The third kappa shape index (κ3) is 3.95. The summed E-state index contributed by atoms with van der Waals surface area (Å²) in [7, 11) is 1.79. The lowest BCUT2D eigenvalue weighted by Gasteiger charge is -2.13. The van der Waals surface area contributed by atoms with Gasteiger partial charge in [0.2, 0.25) is 0 Å². The fraction of sp³-hybridized carbons (Fsp3) is 0.136. The Morgan fingerprint density at radius 3 is 2.71 bits per heavy atom. The van der Waals surface area contributed by atoms with Gasteiger partial charge in [-0.1, -0.05) is 23.7 Å². The van der Waals surface area contributed by atoms with Gasteiger partial charge in [-0.15, -0.1) is 0 Å². The van der Waals surface area contributed by atoms with Gasteiger partial charge in [0.1, 0.15) is 23.1 Å². The van der Waals surface area contributed by atoms with Gasteiger partial charge in [0.25, 0.3) is 5.91 Å². The summed E-state index contributed by atoms with van der Waals surface area (Å²) < 4.78 is 16.7. The fourth-order valence-electron chi connectivity index (χ4n) is 3.47. The van der Waals surface area contributed by atoms with Gasteiger partial charge >= 0.3 is 0 Å². The van der Waals surface area contributed by atoms with Gasteiger partial charge in [0.15, 0.2) is 6.10 Å². The van der Waals surface area contributed by atoms with Gasteiger partial charge in [0, 0.05) is 35.1 Å². The highest BCUT2D eigenvalue weighted by Crippen LogP contribution is 2.35. The minimum atomic E-state index is -1.44. The second-order valence-corrected chi connectivity index (χ2v) is 7.59. The number of hydrogen-bond donors (Lipinski definition) is 3. The molecule has 1 unspecified atom stereocenters. The average molecular weight is 440 g/mol. The zero-order valence-electron chi connectivity index (χ0n) is 16.7. The highest BCUT2D eigenvalue weighted by molar-refractivity contribution is 6.30. The van der Waals surface area contributed by atoms with E-state index in [0.717, 1.165) is 0 Å². The van der Waals surface area contributed by atoms with E-state index in [4.69, 9.17) is 17.3 Å². The molecule has 2 heterocycles. The molecule has 0 bridgehead atoms. The van der Waals surface area contributed by atoms with Gasteiger partial charge < -0.3 is 20.7 Å². The molecule has 1 amide bonds. The van der Waals surface area contributed by atoms with E-state index >= 15 is 0 Å². The Hall–Kier alpha value is -3.49. The number of nitrogens with two attached hydrogens (primary N) is 1. The third-order valence-corrected chi connectivity index (χ3v) is 5.13. The summed E-state index contributed by atoms with van der Waals surface area (Å²) >= 11 is 5.90. The van der Waals surface area contributed by atoms with Crippen LogP contribution < -0.4 is 11.1 Å². The molecule has 4 N–H and O–H groups in total. The normalized spacial score (nSPS) is 12.2.